The average Bonchev–Trinajstić information content (AvgIpc) is 3.38. The van der Waals surface area contributed by atoms with E-state index in [-0.39, 0.29) is 40.8 Å². The lowest BCUT2D eigenvalue weighted by atomic mass is 10.0. The summed E-state index contributed by atoms with van der Waals surface area (Å²) in [5, 5.41) is 11.7. The van der Waals surface area contributed by atoms with Gasteiger partial charge >= 0.3 is 6.18 Å². The number of aromatic amines is 1. The van der Waals surface area contributed by atoms with Crippen LogP contribution in [-0.2, 0) is 4.74 Å². The number of morpholine rings is 1. The van der Waals surface area contributed by atoms with Crippen molar-refractivity contribution in [2.75, 3.05) is 25.0 Å². The molecule has 5 heterocycles. The van der Waals surface area contributed by atoms with Gasteiger partial charge in [0.15, 0.2) is 0 Å². The molecule has 2 aliphatic heterocycles. The van der Waals surface area contributed by atoms with Crippen LogP contribution in [0, 0.1) is 5.41 Å². The Morgan fingerprint density at radius 1 is 1.24 bits per heavy atom. The number of nitrogens with zero attached hydrogens (tertiary/aromatic N) is 3. The molecule has 0 spiro atoms. The number of anilines is 1. The molecular formula is C22H21F3N6O2. The molecule has 0 saturated carbocycles. The van der Waals surface area contributed by atoms with E-state index in [0.29, 0.717) is 24.0 Å². The van der Waals surface area contributed by atoms with Crippen LogP contribution in [0.25, 0.3) is 10.9 Å². The molecule has 5 rings (SSSR count). The lowest BCUT2D eigenvalue weighted by Crippen LogP contribution is -2.46. The summed E-state index contributed by atoms with van der Waals surface area (Å²) in [7, 11) is 0. The zero-order valence-electron chi connectivity index (χ0n) is 17.4. The SMILES string of the molecule is N=C(c1cnc(C(=O)N2CC3CCC(C2)O3)cc1NCC(F)(F)F)c1c[nH]c2ccncc12. The zero-order valence-corrected chi connectivity index (χ0v) is 17.4. The molecular weight excluding hydrogens is 437 g/mol. The predicted molar refractivity (Wildman–Crippen MR) is 115 cm³/mol. The molecule has 0 radical (unpaired) electrons. The summed E-state index contributed by atoms with van der Waals surface area (Å²) in [6.45, 7) is -0.438. The molecule has 0 aromatic carbocycles. The number of likely N-dealkylation sites (tertiary alicyclic amines) is 1. The Kier molecular flexibility index (Phi) is 5.28. The number of halogens is 3. The van der Waals surface area contributed by atoms with E-state index in [4.69, 9.17) is 10.1 Å². The van der Waals surface area contributed by atoms with Gasteiger partial charge in [-0.15, -0.1) is 0 Å². The van der Waals surface area contributed by atoms with Crippen molar-refractivity contribution in [2.24, 2.45) is 0 Å². The normalized spacial score (nSPS) is 20.3. The van der Waals surface area contributed by atoms with Gasteiger partial charge in [0.25, 0.3) is 5.91 Å². The molecule has 0 aliphatic carbocycles. The summed E-state index contributed by atoms with van der Waals surface area (Å²) < 4.78 is 44.6. The van der Waals surface area contributed by atoms with Crippen molar-refractivity contribution in [3.63, 3.8) is 0 Å². The highest BCUT2D eigenvalue weighted by Gasteiger charge is 2.36. The molecule has 2 aliphatic rings. The van der Waals surface area contributed by atoms with E-state index in [0.717, 1.165) is 18.4 Å². The zero-order chi connectivity index (χ0) is 23.2. The maximum atomic E-state index is 13.0. The largest absolute Gasteiger partial charge is 0.405 e. The van der Waals surface area contributed by atoms with Gasteiger partial charge in [-0.1, -0.05) is 0 Å². The molecule has 1 amide bonds. The molecule has 33 heavy (non-hydrogen) atoms. The Labute approximate surface area is 186 Å². The highest BCUT2D eigenvalue weighted by Crippen LogP contribution is 2.29. The standard InChI is InChI=1S/C22H21F3N6O2/c23-22(24,25)11-30-18-5-19(21(32)31-9-12-1-2-13(10-31)33-12)29-8-16(18)20(26)15-7-28-17-3-4-27-6-14(15)17/h3-8,12-13,26,28H,1-2,9-11H2,(H,29,30). The molecule has 3 aromatic rings. The maximum Gasteiger partial charge on any atom is 0.405 e. The van der Waals surface area contributed by atoms with Gasteiger partial charge in [-0.05, 0) is 25.0 Å². The van der Waals surface area contributed by atoms with Gasteiger partial charge in [0.05, 0.1) is 17.9 Å². The fourth-order valence-electron chi connectivity index (χ4n) is 4.37. The van der Waals surface area contributed by atoms with Crippen LogP contribution >= 0.6 is 0 Å². The lowest BCUT2D eigenvalue weighted by molar-refractivity contribution is -0.115. The van der Waals surface area contributed by atoms with Gasteiger partial charge in [-0.2, -0.15) is 13.2 Å². The van der Waals surface area contributed by atoms with Crippen LogP contribution in [0.2, 0.25) is 0 Å². The smallest absolute Gasteiger partial charge is 0.376 e. The van der Waals surface area contributed by atoms with E-state index in [9.17, 15) is 18.0 Å². The third kappa shape index (κ3) is 4.28. The van der Waals surface area contributed by atoms with Crippen molar-refractivity contribution in [1.82, 2.24) is 19.9 Å². The highest BCUT2D eigenvalue weighted by atomic mass is 19.4. The Bertz CT molecular complexity index is 1210. The first kappa shape index (κ1) is 21.4. The molecule has 11 heteroatoms. The number of rotatable bonds is 5. The van der Waals surface area contributed by atoms with Gasteiger partial charge in [-0.25, -0.2) is 0 Å². The van der Waals surface area contributed by atoms with Gasteiger partial charge in [-0.3, -0.25) is 20.2 Å². The van der Waals surface area contributed by atoms with E-state index in [2.05, 4.69) is 20.3 Å². The monoisotopic (exact) mass is 458 g/mol. The van der Waals surface area contributed by atoms with Crippen molar-refractivity contribution >= 4 is 28.2 Å². The van der Waals surface area contributed by atoms with Gasteiger partial charge in [0, 0.05) is 65.6 Å². The molecule has 3 N–H and O–H groups in total. The van der Waals surface area contributed by atoms with Gasteiger partial charge in [0.1, 0.15) is 12.2 Å². The highest BCUT2D eigenvalue weighted by molar-refractivity contribution is 6.20. The number of pyridine rings is 2. The van der Waals surface area contributed by atoms with E-state index < -0.39 is 12.7 Å². The Balaban J connectivity index is 1.48. The number of fused-ring (bicyclic) bond motifs is 3. The van der Waals surface area contributed by atoms with Crippen molar-refractivity contribution in [3.8, 4) is 0 Å². The van der Waals surface area contributed by atoms with Crippen LogP contribution in [0.3, 0.4) is 0 Å². The number of amides is 1. The second kappa shape index (κ2) is 8.14. The number of alkyl halides is 3. The molecule has 2 fully saturated rings. The minimum Gasteiger partial charge on any atom is -0.376 e. The molecule has 172 valence electrons. The molecule has 3 aromatic heterocycles. The van der Waals surface area contributed by atoms with Crippen LogP contribution in [0.5, 0.6) is 0 Å². The van der Waals surface area contributed by atoms with Crippen LogP contribution < -0.4 is 5.32 Å². The predicted octanol–water partition coefficient (Wildman–Crippen LogP) is 3.35. The number of hydrogen-bond donors (Lipinski definition) is 3. The number of nitrogens with one attached hydrogen (secondary N) is 3. The van der Waals surface area contributed by atoms with Crippen molar-refractivity contribution in [3.05, 3.63) is 53.7 Å². The summed E-state index contributed by atoms with van der Waals surface area (Å²) in [5.41, 5.74) is 1.38. The molecule has 8 nitrogen and oxygen atoms in total. The molecule has 2 saturated heterocycles. The number of aromatic nitrogens is 3. The van der Waals surface area contributed by atoms with Crippen LogP contribution in [-0.4, -0.2) is 69.5 Å². The van der Waals surface area contributed by atoms with Crippen molar-refractivity contribution in [2.45, 2.75) is 31.2 Å². The summed E-state index contributed by atoms with van der Waals surface area (Å²) >= 11 is 0. The minimum atomic E-state index is -4.47. The minimum absolute atomic E-state index is 0.0153. The lowest BCUT2D eigenvalue weighted by Gasteiger charge is -2.32. The van der Waals surface area contributed by atoms with E-state index in [1.165, 1.54) is 12.3 Å². The van der Waals surface area contributed by atoms with Crippen LogP contribution in [0.1, 0.15) is 34.5 Å². The Morgan fingerprint density at radius 2 is 2.00 bits per heavy atom. The Morgan fingerprint density at radius 3 is 2.73 bits per heavy atom. The number of ether oxygens (including phenoxy) is 1. The van der Waals surface area contributed by atoms with Crippen LogP contribution in [0.15, 0.2) is 36.9 Å². The number of hydrogen-bond acceptors (Lipinski definition) is 6. The summed E-state index contributed by atoms with van der Waals surface area (Å²) in [4.78, 5) is 26.0. The van der Waals surface area contributed by atoms with Crippen molar-refractivity contribution < 1.29 is 22.7 Å². The second-order valence-electron chi connectivity index (χ2n) is 8.25. The van der Waals surface area contributed by atoms with Crippen LogP contribution in [0.4, 0.5) is 18.9 Å². The molecule has 2 unspecified atom stereocenters. The van der Waals surface area contributed by atoms with Gasteiger partial charge < -0.3 is 19.9 Å². The molecule has 2 atom stereocenters. The third-order valence-corrected chi connectivity index (χ3v) is 5.96. The fraction of sp³-hybridized carbons (Fsp3) is 0.364. The summed E-state index contributed by atoms with van der Waals surface area (Å²) in [5.74, 6) is -0.361. The summed E-state index contributed by atoms with van der Waals surface area (Å²) in [6.07, 6.45) is 3.33. The first-order valence-corrected chi connectivity index (χ1v) is 10.5. The van der Waals surface area contributed by atoms with E-state index >= 15 is 0 Å². The van der Waals surface area contributed by atoms with Gasteiger partial charge in [0.2, 0.25) is 0 Å². The summed E-state index contributed by atoms with van der Waals surface area (Å²) in [6, 6.07) is 3.03. The maximum absolute atomic E-state index is 13.0. The average molecular weight is 458 g/mol. The quantitative estimate of drug-likeness (QED) is 0.509. The second-order valence-corrected chi connectivity index (χ2v) is 8.25. The third-order valence-electron chi connectivity index (χ3n) is 5.96. The number of carbonyl (C=O) groups excluding carboxylic acids is 1. The first-order valence-electron chi connectivity index (χ1n) is 10.5. The topological polar surface area (TPSA) is 107 Å². The number of H-pyrrole nitrogens is 1. The van der Waals surface area contributed by atoms with E-state index in [1.807, 2.05) is 0 Å². The molecule has 2 bridgehead atoms. The first-order chi connectivity index (χ1) is 15.8. The fourth-order valence-corrected chi connectivity index (χ4v) is 4.37. The van der Waals surface area contributed by atoms with Crippen molar-refractivity contribution in [1.29, 1.82) is 5.41 Å². The Hall–Kier alpha value is -3.47. The number of carbonyl (C=O) groups is 1. The van der Waals surface area contributed by atoms with E-state index in [1.54, 1.807) is 29.6 Å².